The fourth-order valence-electron chi connectivity index (χ4n) is 1.80. The summed E-state index contributed by atoms with van der Waals surface area (Å²) in [6, 6.07) is 4.80. The Labute approximate surface area is 116 Å². The topological polar surface area (TPSA) is 41.1 Å². The van der Waals surface area contributed by atoms with Crippen molar-refractivity contribution in [1.82, 2.24) is 10.9 Å². The van der Waals surface area contributed by atoms with Crippen LogP contribution in [0, 0.1) is 0 Å². The number of benzene rings is 1. The Hall–Kier alpha value is -1.19. The van der Waals surface area contributed by atoms with Crippen molar-refractivity contribution in [1.29, 1.82) is 0 Å². The molecule has 0 saturated carbocycles. The van der Waals surface area contributed by atoms with Crippen LogP contribution in [0.2, 0.25) is 10.0 Å². The summed E-state index contributed by atoms with van der Waals surface area (Å²) in [4.78, 5) is 11.8. The number of hydrogen-bond acceptors (Lipinski definition) is 2. The first kappa shape index (κ1) is 13.2. The molecule has 0 spiro atoms. The van der Waals surface area contributed by atoms with Crippen LogP contribution in [0.25, 0.3) is 0 Å². The third kappa shape index (κ3) is 3.40. The van der Waals surface area contributed by atoms with Gasteiger partial charge in [0.1, 0.15) is 0 Å². The molecule has 18 heavy (non-hydrogen) atoms. The summed E-state index contributed by atoms with van der Waals surface area (Å²) in [5.41, 5.74) is 7.14. The van der Waals surface area contributed by atoms with Gasteiger partial charge in [-0.15, -0.1) is 0 Å². The van der Waals surface area contributed by atoms with E-state index in [0.29, 0.717) is 15.6 Å². The van der Waals surface area contributed by atoms with Crippen molar-refractivity contribution in [3.05, 3.63) is 45.6 Å². The second kappa shape index (κ2) is 6.12. The zero-order valence-corrected chi connectivity index (χ0v) is 11.3. The number of hydrazine groups is 1. The lowest BCUT2D eigenvalue weighted by Crippen LogP contribution is -2.37. The number of hydrogen-bond donors (Lipinski definition) is 2. The standard InChI is InChI=1S/C13H14Cl2N2O/c14-11-7-6-9(8-12(11)15)13(18)17-16-10-4-2-1-3-5-10/h4,6-8,16H,1-3,5H2,(H,17,18). The van der Waals surface area contributed by atoms with Crippen molar-refractivity contribution >= 4 is 29.1 Å². The Kier molecular flexibility index (Phi) is 4.50. The van der Waals surface area contributed by atoms with Crippen molar-refractivity contribution in [2.75, 3.05) is 0 Å². The summed E-state index contributed by atoms with van der Waals surface area (Å²) in [6.45, 7) is 0. The van der Waals surface area contributed by atoms with Crippen LogP contribution >= 0.6 is 23.2 Å². The number of allylic oxidation sites excluding steroid dienone is 2. The van der Waals surface area contributed by atoms with Gasteiger partial charge in [-0.3, -0.25) is 10.2 Å². The Morgan fingerprint density at radius 3 is 2.67 bits per heavy atom. The van der Waals surface area contributed by atoms with E-state index in [1.165, 1.54) is 6.42 Å². The molecule has 0 heterocycles. The number of halogens is 2. The molecule has 96 valence electrons. The van der Waals surface area contributed by atoms with Gasteiger partial charge >= 0.3 is 0 Å². The minimum Gasteiger partial charge on any atom is -0.303 e. The zero-order valence-electron chi connectivity index (χ0n) is 9.80. The third-order valence-electron chi connectivity index (χ3n) is 2.81. The predicted octanol–water partition coefficient (Wildman–Crippen LogP) is 3.69. The van der Waals surface area contributed by atoms with Gasteiger partial charge in [-0.2, -0.15) is 0 Å². The van der Waals surface area contributed by atoms with E-state index in [1.807, 2.05) is 0 Å². The number of amides is 1. The van der Waals surface area contributed by atoms with Crippen molar-refractivity contribution in [3.63, 3.8) is 0 Å². The van der Waals surface area contributed by atoms with Crippen LogP contribution in [0.4, 0.5) is 0 Å². The fourth-order valence-corrected chi connectivity index (χ4v) is 2.10. The van der Waals surface area contributed by atoms with Crippen molar-refractivity contribution < 1.29 is 4.79 Å². The molecule has 1 aliphatic rings. The van der Waals surface area contributed by atoms with E-state index in [1.54, 1.807) is 18.2 Å². The van der Waals surface area contributed by atoms with Gasteiger partial charge in [0.25, 0.3) is 5.91 Å². The minimum atomic E-state index is -0.222. The predicted molar refractivity (Wildman–Crippen MR) is 73.6 cm³/mol. The molecule has 2 N–H and O–H groups in total. The van der Waals surface area contributed by atoms with Crippen LogP contribution in [-0.4, -0.2) is 5.91 Å². The van der Waals surface area contributed by atoms with Crippen LogP contribution in [-0.2, 0) is 0 Å². The van der Waals surface area contributed by atoms with Gasteiger partial charge in [0, 0.05) is 11.3 Å². The van der Waals surface area contributed by atoms with Gasteiger partial charge in [0.05, 0.1) is 10.0 Å². The van der Waals surface area contributed by atoms with Gasteiger partial charge in [-0.25, -0.2) is 0 Å². The van der Waals surface area contributed by atoms with E-state index < -0.39 is 0 Å². The maximum atomic E-state index is 11.8. The normalized spacial score (nSPS) is 14.9. The third-order valence-corrected chi connectivity index (χ3v) is 3.55. The van der Waals surface area contributed by atoms with Crippen molar-refractivity contribution in [2.45, 2.75) is 25.7 Å². The summed E-state index contributed by atoms with van der Waals surface area (Å²) >= 11 is 11.7. The Bertz CT molecular complexity index is 486. The van der Waals surface area contributed by atoms with E-state index in [9.17, 15) is 4.79 Å². The molecule has 0 unspecified atom stereocenters. The molecule has 1 aromatic rings. The molecular weight excluding hydrogens is 271 g/mol. The highest BCUT2D eigenvalue weighted by atomic mass is 35.5. The second-order valence-electron chi connectivity index (χ2n) is 4.18. The van der Waals surface area contributed by atoms with Crippen molar-refractivity contribution in [3.8, 4) is 0 Å². The summed E-state index contributed by atoms with van der Waals surface area (Å²) in [5, 5.41) is 0.817. The highest BCUT2D eigenvalue weighted by Gasteiger charge is 2.09. The first-order chi connectivity index (χ1) is 8.66. The fraction of sp³-hybridized carbons (Fsp3) is 0.308. The van der Waals surface area contributed by atoms with Gasteiger partial charge < -0.3 is 5.43 Å². The second-order valence-corrected chi connectivity index (χ2v) is 5.00. The van der Waals surface area contributed by atoms with Gasteiger partial charge in [0.15, 0.2) is 0 Å². The Morgan fingerprint density at radius 2 is 2.00 bits per heavy atom. The van der Waals surface area contributed by atoms with Gasteiger partial charge in [-0.05, 0) is 43.9 Å². The van der Waals surface area contributed by atoms with E-state index in [-0.39, 0.29) is 5.91 Å². The van der Waals surface area contributed by atoms with Crippen LogP contribution in [0.3, 0.4) is 0 Å². The summed E-state index contributed by atoms with van der Waals surface area (Å²) in [5.74, 6) is -0.222. The van der Waals surface area contributed by atoms with E-state index in [0.717, 1.165) is 25.0 Å². The zero-order chi connectivity index (χ0) is 13.0. The lowest BCUT2D eigenvalue weighted by Gasteiger charge is -2.15. The quantitative estimate of drug-likeness (QED) is 0.832. The highest BCUT2D eigenvalue weighted by Crippen LogP contribution is 2.22. The van der Waals surface area contributed by atoms with E-state index >= 15 is 0 Å². The molecule has 0 radical (unpaired) electrons. The molecule has 0 aromatic heterocycles. The minimum absolute atomic E-state index is 0.222. The average molecular weight is 285 g/mol. The first-order valence-corrected chi connectivity index (χ1v) is 6.63. The Balaban J connectivity index is 1.95. The van der Waals surface area contributed by atoms with Crippen LogP contribution < -0.4 is 10.9 Å². The number of nitrogens with one attached hydrogen (secondary N) is 2. The number of carbonyl (C=O) groups excluding carboxylic acids is 1. The lowest BCUT2D eigenvalue weighted by atomic mass is 10.1. The lowest BCUT2D eigenvalue weighted by molar-refractivity contribution is 0.0938. The molecule has 0 fully saturated rings. The SMILES string of the molecule is O=C(NNC1=CCCCC1)c1ccc(Cl)c(Cl)c1. The largest absolute Gasteiger partial charge is 0.303 e. The molecule has 5 heteroatoms. The van der Waals surface area contributed by atoms with Crippen LogP contribution in [0.5, 0.6) is 0 Å². The molecule has 0 saturated heterocycles. The molecule has 1 amide bonds. The number of rotatable bonds is 3. The highest BCUT2D eigenvalue weighted by molar-refractivity contribution is 6.42. The van der Waals surface area contributed by atoms with E-state index in [4.69, 9.17) is 23.2 Å². The Morgan fingerprint density at radius 1 is 1.17 bits per heavy atom. The van der Waals surface area contributed by atoms with Gasteiger partial charge in [0.2, 0.25) is 0 Å². The molecule has 0 aliphatic heterocycles. The summed E-state index contributed by atoms with van der Waals surface area (Å²) < 4.78 is 0. The monoisotopic (exact) mass is 284 g/mol. The molecular formula is C13H14Cl2N2O. The van der Waals surface area contributed by atoms with Gasteiger partial charge in [-0.1, -0.05) is 29.3 Å². The molecule has 2 rings (SSSR count). The van der Waals surface area contributed by atoms with Crippen LogP contribution in [0.1, 0.15) is 36.0 Å². The maximum absolute atomic E-state index is 11.8. The average Bonchev–Trinajstić information content (AvgIpc) is 2.40. The molecule has 1 aliphatic carbocycles. The van der Waals surface area contributed by atoms with Crippen LogP contribution in [0.15, 0.2) is 30.0 Å². The smallest absolute Gasteiger partial charge is 0.269 e. The molecule has 0 atom stereocenters. The van der Waals surface area contributed by atoms with Crippen molar-refractivity contribution in [2.24, 2.45) is 0 Å². The molecule has 3 nitrogen and oxygen atoms in total. The number of carbonyl (C=O) groups is 1. The summed E-state index contributed by atoms with van der Waals surface area (Å²) in [7, 11) is 0. The molecule has 0 bridgehead atoms. The summed E-state index contributed by atoms with van der Waals surface area (Å²) in [6.07, 6.45) is 6.51. The molecule has 1 aromatic carbocycles. The maximum Gasteiger partial charge on any atom is 0.269 e. The first-order valence-electron chi connectivity index (χ1n) is 5.87. The van der Waals surface area contributed by atoms with E-state index in [2.05, 4.69) is 16.9 Å².